The Morgan fingerprint density at radius 1 is 1.40 bits per heavy atom. The van der Waals surface area contributed by atoms with Crippen molar-refractivity contribution >= 4 is 27.8 Å². The van der Waals surface area contributed by atoms with Crippen molar-refractivity contribution in [3.8, 4) is 0 Å². The summed E-state index contributed by atoms with van der Waals surface area (Å²) < 4.78 is 18.2. The van der Waals surface area contributed by atoms with Crippen molar-refractivity contribution < 1.29 is 18.7 Å². The maximum atomic E-state index is 13.3. The van der Waals surface area contributed by atoms with Gasteiger partial charge in [-0.2, -0.15) is 0 Å². The number of benzene rings is 1. The number of ether oxygens (including phenoxy) is 1. The van der Waals surface area contributed by atoms with E-state index >= 15 is 0 Å². The predicted molar refractivity (Wildman–Crippen MR) is 76.7 cm³/mol. The van der Waals surface area contributed by atoms with Crippen LogP contribution in [0.25, 0.3) is 0 Å². The third kappa shape index (κ3) is 5.28. The Morgan fingerprint density at radius 2 is 2.10 bits per heavy atom. The molecule has 0 aliphatic carbocycles. The molecule has 0 N–H and O–H groups in total. The first kappa shape index (κ1) is 16.6. The third-order valence-electron chi connectivity index (χ3n) is 2.87. The molecule has 0 atom stereocenters. The molecule has 1 aromatic carbocycles. The molecular weight excluding hydrogens is 329 g/mol. The molecular formula is C14H17BrFNO3. The number of hydrogen-bond donors (Lipinski definition) is 0. The van der Waals surface area contributed by atoms with Crippen LogP contribution >= 0.6 is 15.9 Å². The van der Waals surface area contributed by atoms with Crippen LogP contribution in [0.2, 0.25) is 0 Å². The number of methoxy groups -OCH3 is 1. The van der Waals surface area contributed by atoms with Crippen LogP contribution in [0.4, 0.5) is 4.39 Å². The second kappa shape index (κ2) is 7.99. The van der Waals surface area contributed by atoms with Gasteiger partial charge in [0, 0.05) is 20.0 Å². The standard InChI is InChI=1S/C14H17BrFNO3/c1-17(7-3-4-14(19)20-2)13(18)9-10-5-6-11(15)12(16)8-10/h5-6,8H,3-4,7,9H2,1-2H3. The van der Waals surface area contributed by atoms with E-state index in [1.165, 1.54) is 18.1 Å². The van der Waals surface area contributed by atoms with Crippen LogP contribution in [0.1, 0.15) is 18.4 Å². The molecule has 0 bridgehead atoms. The lowest BCUT2D eigenvalue weighted by Gasteiger charge is -2.17. The van der Waals surface area contributed by atoms with E-state index in [2.05, 4.69) is 20.7 Å². The molecule has 0 aliphatic rings. The lowest BCUT2D eigenvalue weighted by atomic mass is 10.1. The fraction of sp³-hybridized carbons (Fsp3) is 0.429. The molecule has 0 unspecified atom stereocenters. The fourth-order valence-corrected chi connectivity index (χ4v) is 1.89. The Balaban J connectivity index is 2.45. The van der Waals surface area contributed by atoms with E-state index in [0.29, 0.717) is 23.0 Å². The average molecular weight is 346 g/mol. The first-order valence-electron chi connectivity index (χ1n) is 6.18. The van der Waals surface area contributed by atoms with Crippen LogP contribution in [0.15, 0.2) is 22.7 Å². The Labute approximate surface area is 126 Å². The lowest BCUT2D eigenvalue weighted by molar-refractivity contribution is -0.141. The van der Waals surface area contributed by atoms with Gasteiger partial charge in [-0.15, -0.1) is 0 Å². The number of carbonyl (C=O) groups excluding carboxylic acids is 2. The van der Waals surface area contributed by atoms with Crippen molar-refractivity contribution in [3.63, 3.8) is 0 Å². The molecule has 0 spiro atoms. The molecule has 6 heteroatoms. The summed E-state index contributed by atoms with van der Waals surface area (Å²) in [6.07, 6.45) is 0.962. The van der Waals surface area contributed by atoms with Crippen molar-refractivity contribution in [1.82, 2.24) is 4.90 Å². The quantitative estimate of drug-likeness (QED) is 0.744. The maximum absolute atomic E-state index is 13.3. The summed E-state index contributed by atoms with van der Waals surface area (Å²) in [5.41, 5.74) is 0.621. The summed E-state index contributed by atoms with van der Waals surface area (Å²) >= 11 is 3.06. The van der Waals surface area contributed by atoms with Crippen LogP contribution in [0, 0.1) is 5.82 Å². The smallest absolute Gasteiger partial charge is 0.305 e. The normalized spacial score (nSPS) is 10.2. The second-order valence-corrected chi connectivity index (χ2v) is 5.27. The molecule has 20 heavy (non-hydrogen) atoms. The molecule has 0 aliphatic heterocycles. The minimum atomic E-state index is -0.386. The van der Waals surface area contributed by atoms with Gasteiger partial charge < -0.3 is 9.64 Å². The molecule has 0 saturated carbocycles. The van der Waals surface area contributed by atoms with Gasteiger partial charge >= 0.3 is 5.97 Å². The molecule has 110 valence electrons. The molecule has 1 aromatic rings. The number of amides is 1. The Hall–Kier alpha value is -1.43. The van der Waals surface area contributed by atoms with Gasteiger partial charge in [0.2, 0.25) is 5.91 Å². The second-order valence-electron chi connectivity index (χ2n) is 4.42. The van der Waals surface area contributed by atoms with Crippen LogP contribution in [0.3, 0.4) is 0 Å². The van der Waals surface area contributed by atoms with E-state index in [1.807, 2.05) is 0 Å². The zero-order valence-electron chi connectivity index (χ0n) is 11.5. The minimum absolute atomic E-state index is 0.114. The summed E-state index contributed by atoms with van der Waals surface area (Å²) in [4.78, 5) is 24.4. The lowest BCUT2D eigenvalue weighted by Crippen LogP contribution is -2.29. The molecule has 4 nitrogen and oxygen atoms in total. The van der Waals surface area contributed by atoms with Crippen LogP contribution in [-0.4, -0.2) is 37.5 Å². The van der Waals surface area contributed by atoms with Crippen LogP contribution < -0.4 is 0 Å². The van der Waals surface area contributed by atoms with Crippen molar-refractivity contribution in [3.05, 3.63) is 34.1 Å². The van der Waals surface area contributed by atoms with Crippen molar-refractivity contribution in [1.29, 1.82) is 0 Å². The van der Waals surface area contributed by atoms with E-state index in [9.17, 15) is 14.0 Å². The maximum Gasteiger partial charge on any atom is 0.305 e. The molecule has 1 amide bonds. The molecule has 0 saturated heterocycles. The highest BCUT2D eigenvalue weighted by Crippen LogP contribution is 2.17. The molecule has 0 heterocycles. The van der Waals surface area contributed by atoms with E-state index in [4.69, 9.17) is 0 Å². The SMILES string of the molecule is COC(=O)CCCN(C)C(=O)Cc1ccc(Br)c(F)c1. The van der Waals surface area contributed by atoms with E-state index in [-0.39, 0.29) is 30.5 Å². The number of rotatable bonds is 6. The van der Waals surface area contributed by atoms with Crippen molar-refractivity contribution in [2.24, 2.45) is 0 Å². The number of nitrogens with zero attached hydrogens (tertiary/aromatic N) is 1. The summed E-state index contributed by atoms with van der Waals surface area (Å²) in [5, 5.41) is 0. The average Bonchev–Trinajstić information content (AvgIpc) is 2.42. The minimum Gasteiger partial charge on any atom is -0.469 e. The first-order valence-corrected chi connectivity index (χ1v) is 6.98. The molecule has 0 radical (unpaired) electrons. The molecule has 0 fully saturated rings. The predicted octanol–water partition coefficient (Wildman–Crippen LogP) is 2.54. The topological polar surface area (TPSA) is 46.6 Å². The zero-order chi connectivity index (χ0) is 15.1. The summed E-state index contributed by atoms with van der Waals surface area (Å²) in [5.74, 6) is -0.791. The first-order chi connectivity index (χ1) is 9.43. The van der Waals surface area contributed by atoms with Crippen molar-refractivity contribution in [2.75, 3.05) is 20.7 Å². The van der Waals surface area contributed by atoms with Crippen molar-refractivity contribution in [2.45, 2.75) is 19.3 Å². The number of esters is 1. The van der Waals surface area contributed by atoms with Gasteiger partial charge in [-0.1, -0.05) is 6.07 Å². The van der Waals surface area contributed by atoms with Gasteiger partial charge in [0.15, 0.2) is 0 Å². The van der Waals surface area contributed by atoms with Gasteiger partial charge in [-0.3, -0.25) is 9.59 Å². The Kier molecular flexibility index (Phi) is 6.64. The highest BCUT2D eigenvalue weighted by atomic mass is 79.9. The van der Waals surface area contributed by atoms with Gasteiger partial charge in [-0.05, 0) is 40.0 Å². The van der Waals surface area contributed by atoms with Crippen LogP contribution in [-0.2, 0) is 20.7 Å². The zero-order valence-corrected chi connectivity index (χ0v) is 13.1. The molecule has 0 aromatic heterocycles. The number of halogens is 2. The Bertz CT molecular complexity index is 493. The van der Waals surface area contributed by atoms with E-state index in [0.717, 1.165) is 0 Å². The summed E-state index contributed by atoms with van der Waals surface area (Å²) in [6.45, 7) is 0.465. The highest BCUT2D eigenvalue weighted by Gasteiger charge is 2.11. The largest absolute Gasteiger partial charge is 0.469 e. The van der Waals surface area contributed by atoms with Gasteiger partial charge in [-0.25, -0.2) is 4.39 Å². The van der Waals surface area contributed by atoms with Gasteiger partial charge in [0.25, 0.3) is 0 Å². The van der Waals surface area contributed by atoms with Crippen LogP contribution in [0.5, 0.6) is 0 Å². The number of hydrogen-bond acceptors (Lipinski definition) is 3. The molecule has 1 rings (SSSR count). The monoisotopic (exact) mass is 345 g/mol. The number of likely N-dealkylation sites (N-methyl/N-ethyl adjacent to an activating group) is 1. The van der Waals surface area contributed by atoms with Gasteiger partial charge in [0.1, 0.15) is 5.82 Å². The summed E-state index contributed by atoms with van der Waals surface area (Å²) in [6, 6.07) is 4.62. The fourth-order valence-electron chi connectivity index (χ4n) is 1.65. The van der Waals surface area contributed by atoms with E-state index in [1.54, 1.807) is 19.2 Å². The number of carbonyl (C=O) groups is 2. The third-order valence-corrected chi connectivity index (χ3v) is 3.51. The summed E-state index contributed by atoms with van der Waals surface area (Å²) in [7, 11) is 2.99. The Morgan fingerprint density at radius 3 is 2.70 bits per heavy atom. The van der Waals surface area contributed by atoms with Gasteiger partial charge in [0.05, 0.1) is 18.0 Å². The highest BCUT2D eigenvalue weighted by molar-refractivity contribution is 9.10. The van der Waals surface area contributed by atoms with E-state index < -0.39 is 0 Å².